The Balaban J connectivity index is 1.86. The van der Waals surface area contributed by atoms with Crippen LogP contribution in [0.15, 0.2) is 6.20 Å². The van der Waals surface area contributed by atoms with Gasteiger partial charge >= 0.3 is 7.12 Å². The molecule has 0 aromatic carbocycles. The number of hydrogen-bond donors (Lipinski definition) is 0. The summed E-state index contributed by atoms with van der Waals surface area (Å²) in [5.74, 6) is -2.63. The number of aryl methyl sites for hydroxylation is 1. The minimum atomic E-state index is -2.63. The summed E-state index contributed by atoms with van der Waals surface area (Å²) in [6.45, 7) is 9.63. The van der Waals surface area contributed by atoms with Crippen LogP contribution in [0.4, 0.5) is 8.78 Å². The zero-order valence-corrected chi connectivity index (χ0v) is 12.4. The maximum Gasteiger partial charge on any atom is 0.498 e. The molecule has 7 heteroatoms. The molecule has 3 rings (SSSR count). The maximum absolute atomic E-state index is 13.1. The molecular weight excluding hydrogens is 265 g/mol. The first kappa shape index (κ1) is 14.0. The molecular formula is C13H19BF2N2O2. The highest BCUT2D eigenvalue weighted by Crippen LogP contribution is 2.52. The van der Waals surface area contributed by atoms with E-state index in [9.17, 15) is 8.78 Å². The van der Waals surface area contributed by atoms with Gasteiger partial charge in [0.15, 0.2) is 0 Å². The van der Waals surface area contributed by atoms with Crippen LogP contribution < -0.4 is 5.46 Å². The van der Waals surface area contributed by atoms with Crippen LogP contribution in [-0.4, -0.2) is 34.0 Å². The summed E-state index contributed by atoms with van der Waals surface area (Å²) < 4.78 is 39.5. The van der Waals surface area contributed by atoms with Crippen molar-refractivity contribution in [2.75, 3.05) is 0 Å². The van der Waals surface area contributed by atoms with Crippen LogP contribution in [-0.2, 0) is 9.31 Å². The van der Waals surface area contributed by atoms with Crippen LogP contribution in [0, 0.1) is 6.92 Å². The lowest BCUT2D eigenvalue weighted by atomic mass is 9.79. The van der Waals surface area contributed by atoms with Gasteiger partial charge in [-0.1, -0.05) is 0 Å². The second-order valence-electron chi connectivity index (χ2n) is 6.72. The van der Waals surface area contributed by atoms with E-state index in [0.29, 0.717) is 5.69 Å². The number of aromatic nitrogens is 2. The minimum absolute atomic E-state index is 0.142. The number of alkyl halides is 2. The first-order valence-corrected chi connectivity index (χ1v) is 6.83. The fourth-order valence-corrected chi connectivity index (χ4v) is 2.34. The summed E-state index contributed by atoms with van der Waals surface area (Å²) in [4.78, 5) is 0. The predicted molar refractivity (Wildman–Crippen MR) is 71.3 cm³/mol. The zero-order chi connectivity index (χ0) is 14.9. The Labute approximate surface area is 117 Å². The maximum atomic E-state index is 13.1. The Morgan fingerprint density at radius 3 is 2.20 bits per heavy atom. The monoisotopic (exact) mass is 284 g/mol. The van der Waals surface area contributed by atoms with Crippen LogP contribution in [0.1, 0.15) is 45.9 Å². The Kier molecular flexibility index (Phi) is 2.68. The van der Waals surface area contributed by atoms with Gasteiger partial charge in [0.25, 0.3) is 5.92 Å². The van der Waals surface area contributed by atoms with E-state index < -0.39 is 30.3 Å². The first-order valence-electron chi connectivity index (χ1n) is 6.83. The molecule has 1 saturated carbocycles. The highest BCUT2D eigenvalue weighted by molar-refractivity contribution is 6.62. The molecule has 20 heavy (non-hydrogen) atoms. The number of halogens is 2. The Morgan fingerprint density at radius 1 is 1.25 bits per heavy atom. The van der Waals surface area contributed by atoms with Gasteiger partial charge in [0, 0.05) is 18.1 Å². The lowest BCUT2D eigenvalue weighted by Crippen LogP contribution is -2.41. The molecule has 110 valence electrons. The van der Waals surface area contributed by atoms with Crippen molar-refractivity contribution in [2.45, 2.75) is 64.2 Å². The molecule has 2 fully saturated rings. The van der Waals surface area contributed by atoms with Gasteiger partial charge in [-0.25, -0.2) is 8.78 Å². The molecule has 1 saturated heterocycles. The fraction of sp³-hybridized carbons (Fsp3) is 0.769. The van der Waals surface area contributed by atoms with E-state index in [0.717, 1.165) is 5.46 Å². The summed E-state index contributed by atoms with van der Waals surface area (Å²) in [6, 6.07) is -0.822. The normalized spacial score (nSPS) is 29.8. The molecule has 0 bridgehead atoms. The number of hydrogen-bond acceptors (Lipinski definition) is 3. The van der Waals surface area contributed by atoms with Crippen LogP contribution >= 0.6 is 0 Å². The van der Waals surface area contributed by atoms with Crippen LogP contribution in [0.25, 0.3) is 0 Å². The molecule has 0 amide bonds. The average molecular weight is 284 g/mol. The molecule has 1 unspecified atom stereocenters. The van der Waals surface area contributed by atoms with Gasteiger partial charge < -0.3 is 9.31 Å². The summed E-state index contributed by atoms with van der Waals surface area (Å²) in [7, 11) is -0.555. The van der Waals surface area contributed by atoms with Crippen LogP contribution in [0.3, 0.4) is 0 Å². The molecule has 1 atom stereocenters. The van der Waals surface area contributed by atoms with Gasteiger partial charge in [-0.15, -0.1) is 0 Å². The molecule has 1 aromatic heterocycles. The molecule has 0 radical (unpaired) electrons. The van der Waals surface area contributed by atoms with Crippen molar-refractivity contribution in [2.24, 2.45) is 0 Å². The van der Waals surface area contributed by atoms with Gasteiger partial charge in [0.2, 0.25) is 0 Å². The predicted octanol–water partition coefficient (Wildman–Crippen LogP) is 2.07. The van der Waals surface area contributed by atoms with E-state index in [1.165, 1.54) is 4.68 Å². The van der Waals surface area contributed by atoms with E-state index in [2.05, 4.69) is 5.10 Å². The van der Waals surface area contributed by atoms with Crippen molar-refractivity contribution in [3.63, 3.8) is 0 Å². The Morgan fingerprint density at radius 2 is 1.75 bits per heavy atom. The summed E-state index contributed by atoms with van der Waals surface area (Å²) >= 11 is 0. The van der Waals surface area contributed by atoms with E-state index in [-0.39, 0.29) is 6.42 Å². The lowest BCUT2D eigenvalue weighted by molar-refractivity contribution is 0.00578. The van der Waals surface area contributed by atoms with Crippen molar-refractivity contribution < 1.29 is 18.1 Å². The molecule has 2 aliphatic rings. The van der Waals surface area contributed by atoms with Crippen molar-refractivity contribution >= 4 is 12.6 Å². The SMILES string of the molecule is Cc1nn(C2CC2(F)F)cc1B1OC(C)(C)C(C)(C)O1. The molecule has 1 aliphatic heterocycles. The van der Waals surface area contributed by atoms with Crippen molar-refractivity contribution in [1.29, 1.82) is 0 Å². The summed E-state index contributed by atoms with van der Waals surface area (Å²) in [6.07, 6.45) is 1.49. The topological polar surface area (TPSA) is 36.3 Å². The number of rotatable bonds is 2. The molecule has 0 N–H and O–H groups in total. The fourth-order valence-electron chi connectivity index (χ4n) is 2.34. The third-order valence-corrected chi connectivity index (χ3v) is 4.57. The minimum Gasteiger partial charge on any atom is -0.399 e. The smallest absolute Gasteiger partial charge is 0.399 e. The Hall–Kier alpha value is -0.945. The Bertz CT molecular complexity index is 541. The molecule has 4 nitrogen and oxygen atoms in total. The molecule has 0 spiro atoms. The highest BCUT2D eigenvalue weighted by atomic mass is 19.3. The second-order valence-corrected chi connectivity index (χ2v) is 6.72. The van der Waals surface area contributed by atoms with Crippen LogP contribution in [0.5, 0.6) is 0 Å². The molecule has 2 heterocycles. The van der Waals surface area contributed by atoms with Gasteiger partial charge in [0.05, 0.1) is 16.9 Å². The summed E-state index contributed by atoms with van der Waals surface area (Å²) in [5.41, 5.74) is 0.503. The van der Waals surface area contributed by atoms with Crippen LogP contribution in [0.2, 0.25) is 0 Å². The third-order valence-electron chi connectivity index (χ3n) is 4.57. The zero-order valence-electron chi connectivity index (χ0n) is 12.4. The van der Waals surface area contributed by atoms with Gasteiger partial charge in [0.1, 0.15) is 6.04 Å². The lowest BCUT2D eigenvalue weighted by Gasteiger charge is -2.32. The molecule has 1 aliphatic carbocycles. The molecule has 1 aromatic rings. The largest absolute Gasteiger partial charge is 0.498 e. The van der Waals surface area contributed by atoms with E-state index in [1.807, 2.05) is 27.7 Å². The van der Waals surface area contributed by atoms with Crippen molar-refractivity contribution in [3.8, 4) is 0 Å². The second kappa shape index (κ2) is 3.82. The standard InChI is InChI=1S/C13H19BF2N2O2/c1-8-9(7-18(17-8)10-6-13(10,15)16)14-19-11(2,3)12(4,5)20-14/h7,10H,6H2,1-5H3. The van der Waals surface area contributed by atoms with Crippen molar-refractivity contribution in [1.82, 2.24) is 9.78 Å². The summed E-state index contributed by atoms with van der Waals surface area (Å²) in [5, 5.41) is 4.19. The van der Waals surface area contributed by atoms with Gasteiger partial charge in [-0.2, -0.15) is 5.10 Å². The number of nitrogens with zero attached hydrogens (tertiary/aromatic N) is 2. The third kappa shape index (κ3) is 1.99. The van der Waals surface area contributed by atoms with E-state index >= 15 is 0 Å². The first-order chi connectivity index (χ1) is 9.03. The van der Waals surface area contributed by atoms with E-state index in [1.54, 1.807) is 13.1 Å². The quantitative estimate of drug-likeness (QED) is 0.780. The van der Waals surface area contributed by atoms with Gasteiger partial charge in [-0.3, -0.25) is 4.68 Å². The highest BCUT2D eigenvalue weighted by Gasteiger charge is 2.59. The average Bonchev–Trinajstić information content (AvgIpc) is 2.64. The van der Waals surface area contributed by atoms with E-state index in [4.69, 9.17) is 9.31 Å². The van der Waals surface area contributed by atoms with Crippen molar-refractivity contribution in [3.05, 3.63) is 11.9 Å². The van der Waals surface area contributed by atoms with Gasteiger partial charge in [-0.05, 0) is 34.6 Å².